The molecule has 0 saturated heterocycles. The van der Waals surface area contributed by atoms with Crippen molar-refractivity contribution in [3.8, 4) is 0 Å². The van der Waals surface area contributed by atoms with Gasteiger partial charge in [-0.15, -0.1) is 0 Å². The van der Waals surface area contributed by atoms with Gasteiger partial charge in [-0.1, -0.05) is 43.7 Å². The van der Waals surface area contributed by atoms with Crippen LogP contribution in [0.1, 0.15) is 26.2 Å². The van der Waals surface area contributed by atoms with Crippen molar-refractivity contribution in [1.82, 2.24) is 5.32 Å². The second-order valence-electron chi connectivity index (χ2n) is 3.21. The highest BCUT2D eigenvalue weighted by Gasteiger charge is 1.94. The Labute approximate surface area is 80.5 Å². The van der Waals surface area contributed by atoms with Crippen LogP contribution < -0.4 is 5.32 Å². The van der Waals surface area contributed by atoms with Crippen molar-refractivity contribution in [3.05, 3.63) is 48.4 Å². The lowest BCUT2D eigenvalue weighted by atomic mass is 10.1. The minimum atomic E-state index is 0.945. The van der Waals surface area contributed by atoms with Crippen molar-refractivity contribution in [1.29, 1.82) is 0 Å². The second-order valence-corrected chi connectivity index (χ2v) is 3.21. The van der Waals surface area contributed by atoms with E-state index in [0.717, 1.165) is 18.5 Å². The average Bonchev–Trinajstić information content (AvgIpc) is 2.21. The van der Waals surface area contributed by atoms with E-state index in [1.54, 1.807) is 0 Å². The lowest BCUT2D eigenvalue weighted by Gasteiger charge is -2.04. The Kier molecular flexibility index (Phi) is 4.10. The summed E-state index contributed by atoms with van der Waals surface area (Å²) in [6, 6.07) is 0. The molecule has 0 spiro atoms. The third-order valence-corrected chi connectivity index (χ3v) is 1.96. The van der Waals surface area contributed by atoms with Crippen LogP contribution in [0.15, 0.2) is 48.4 Å². The van der Waals surface area contributed by atoms with Gasteiger partial charge in [-0.05, 0) is 18.9 Å². The standard InChI is InChI=1S/C12H17N/c1-3-7-12-9-6-4-5-8-11(2)13-10-12/h4-6,8,10,13H,2-3,7,9H2,1H3/b6-4-,8-5-,12-10-. The van der Waals surface area contributed by atoms with E-state index in [9.17, 15) is 0 Å². The molecule has 0 fully saturated rings. The summed E-state index contributed by atoms with van der Waals surface area (Å²) in [5.74, 6) is 0. The third kappa shape index (κ3) is 3.79. The maximum atomic E-state index is 3.88. The van der Waals surface area contributed by atoms with Crippen molar-refractivity contribution in [2.75, 3.05) is 0 Å². The van der Waals surface area contributed by atoms with Gasteiger partial charge in [0.25, 0.3) is 0 Å². The first-order chi connectivity index (χ1) is 6.33. The molecule has 1 nitrogen and oxygen atoms in total. The summed E-state index contributed by atoms with van der Waals surface area (Å²) in [5, 5.41) is 3.18. The summed E-state index contributed by atoms with van der Waals surface area (Å²) in [5.41, 5.74) is 2.38. The summed E-state index contributed by atoms with van der Waals surface area (Å²) >= 11 is 0. The Hall–Kier alpha value is -1.24. The molecule has 0 amide bonds. The number of nitrogens with one attached hydrogen (secondary N) is 1. The van der Waals surface area contributed by atoms with Crippen molar-refractivity contribution in [3.63, 3.8) is 0 Å². The number of hydrogen-bond donors (Lipinski definition) is 1. The molecule has 13 heavy (non-hydrogen) atoms. The van der Waals surface area contributed by atoms with Crippen LogP contribution in [0.3, 0.4) is 0 Å². The van der Waals surface area contributed by atoms with Crippen LogP contribution in [0.2, 0.25) is 0 Å². The molecule has 0 radical (unpaired) electrons. The van der Waals surface area contributed by atoms with Gasteiger partial charge in [0.1, 0.15) is 0 Å². The Balaban J connectivity index is 2.65. The molecule has 0 unspecified atom stereocenters. The van der Waals surface area contributed by atoms with E-state index < -0.39 is 0 Å². The summed E-state index contributed by atoms with van der Waals surface area (Å²) in [4.78, 5) is 0. The molecule has 1 aliphatic rings. The monoisotopic (exact) mass is 175 g/mol. The van der Waals surface area contributed by atoms with Gasteiger partial charge in [0.15, 0.2) is 0 Å². The molecule has 1 rings (SSSR count). The maximum absolute atomic E-state index is 3.88. The van der Waals surface area contributed by atoms with Crippen LogP contribution in [-0.2, 0) is 0 Å². The van der Waals surface area contributed by atoms with E-state index in [2.05, 4.69) is 37.2 Å². The third-order valence-electron chi connectivity index (χ3n) is 1.96. The highest BCUT2D eigenvalue weighted by molar-refractivity contribution is 5.23. The van der Waals surface area contributed by atoms with Crippen LogP contribution in [0, 0.1) is 0 Å². The molecule has 0 aromatic heterocycles. The largest absolute Gasteiger partial charge is 0.362 e. The van der Waals surface area contributed by atoms with Gasteiger partial charge in [-0.25, -0.2) is 0 Å². The first-order valence-corrected chi connectivity index (χ1v) is 4.79. The Morgan fingerprint density at radius 1 is 1.46 bits per heavy atom. The molecule has 1 heteroatoms. The molecule has 0 atom stereocenters. The van der Waals surface area contributed by atoms with Crippen LogP contribution in [0.25, 0.3) is 0 Å². The van der Waals surface area contributed by atoms with E-state index in [4.69, 9.17) is 0 Å². The zero-order chi connectivity index (χ0) is 9.52. The molecule has 0 aliphatic carbocycles. The molecular weight excluding hydrogens is 158 g/mol. The van der Waals surface area contributed by atoms with Gasteiger partial charge in [-0.2, -0.15) is 0 Å². The van der Waals surface area contributed by atoms with Gasteiger partial charge in [0, 0.05) is 11.9 Å². The predicted octanol–water partition coefficient (Wildman–Crippen LogP) is 3.29. The van der Waals surface area contributed by atoms with Crippen LogP contribution in [0.5, 0.6) is 0 Å². The summed E-state index contributed by atoms with van der Waals surface area (Å²) in [7, 11) is 0. The first kappa shape index (κ1) is 9.85. The number of rotatable bonds is 2. The zero-order valence-corrected chi connectivity index (χ0v) is 8.22. The van der Waals surface area contributed by atoms with Crippen molar-refractivity contribution in [2.45, 2.75) is 26.2 Å². The van der Waals surface area contributed by atoms with Gasteiger partial charge < -0.3 is 5.32 Å². The summed E-state index contributed by atoms with van der Waals surface area (Å²) < 4.78 is 0. The van der Waals surface area contributed by atoms with E-state index in [-0.39, 0.29) is 0 Å². The smallest absolute Gasteiger partial charge is 0.0306 e. The SMILES string of the molecule is C=C1/C=C\C=C/C/C(CCC)=C\N1. The summed E-state index contributed by atoms with van der Waals surface area (Å²) in [6.07, 6.45) is 13.7. The Morgan fingerprint density at radius 3 is 3.08 bits per heavy atom. The van der Waals surface area contributed by atoms with Gasteiger partial charge >= 0.3 is 0 Å². The van der Waals surface area contributed by atoms with Crippen LogP contribution >= 0.6 is 0 Å². The Bertz CT molecular complexity index is 256. The predicted molar refractivity (Wildman–Crippen MR) is 58.2 cm³/mol. The van der Waals surface area contributed by atoms with Gasteiger partial charge in [0.05, 0.1) is 0 Å². The second kappa shape index (κ2) is 5.41. The fourth-order valence-electron chi connectivity index (χ4n) is 1.27. The number of hydrogen-bond acceptors (Lipinski definition) is 1. The van der Waals surface area contributed by atoms with E-state index >= 15 is 0 Å². The van der Waals surface area contributed by atoms with Crippen LogP contribution in [0.4, 0.5) is 0 Å². The molecule has 70 valence electrons. The van der Waals surface area contributed by atoms with Crippen molar-refractivity contribution < 1.29 is 0 Å². The molecule has 1 aliphatic heterocycles. The maximum Gasteiger partial charge on any atom is 0.0306 e. The minimum Gasteiger partial charge on any atom is -0.362 e. The van der Waals surface area contributed by atoms with Gasteiger partial charge in [-0.3, -0.25) is 0 Å². The lowest BCUT2D eigenvalue weighted by molar-refractivity contribution is 0.864. The van der Waals surface area contributed by atoms with E-state index in [1.165, 1.54) is 12.0 Å². The minimum absolute atomic E-state index is 0.945. The van der Waals surface area contributed by atoms with Crippen molar-refractivity contribution >= 4 is 0 Å². The molecule has 0 aromatic carbocycles. The molecule has 0 saturated carbocycles. The quantitative estimate of drug-likeness (QED) is 0.679. The molecule has 0 bridgehead atoms. The molecule has 0 aromatic rings. The summed E-state index contributed by atoms with van der Waals surface area (Å²) in [6.45, 7) is 6.07. The van der Waals surface area contributed by atoms with Crippen molar-refractivity contribution in [2.24, 2.45) is 0 Å². The lowest BCUT2D eigenvalue weighted by Crippen LogP contribution is -2.02. The highest BCUT2D eigenvalue weighted by atomic mass is 14.8. The fraction of sp³-hybridized carbons (Fsp3) is 0.333. The normalized spacial score (nSPS) is 25.9. The van der Waals surface area contributed by atoms with Crippen LogP contribution in [-0.4, -0.2) is 0 Å². The zero-order valence-electron chi connectivity index (χ0n) is 8.22. The topological polar surface area (TPSA) is 12.0 Å². The molecule has 1 heterocycles. The Morgan fingerprint density at radius 2 is 2.31 bits per heavy atom. The fourth-order valence-corrected chi connectivity index (χ4v) is 1.27. The molecular formula is C12H17N. The first-order valence-electron chi connectivity index (χ1n) is 4.79. The highest BCUT2D eigenvalue weighted by Crippen LogP contribution is 2.10. The molecule has 1 N–H and O–H groups in total. The van der Waals surface area contributed by atoms with E-state index in [1.807, 2.05) is 12.2 Å². The van der Waals surface area contributed by atoms with Gasteiger partial charge in [0.2, 0.25) is 0 Å². The van der Waals surface area contributed by atoms with E-state index in [0.29, 0.717) is 0 Å². The average molecular weight is 175 g/mol. The number of allylic oxidation sites excluding steroid dienone is 5.